The van der Waals surface area contributed by atoms with Crippen molar-refractivity contribution in [2.45, 2.75) is 50.6 Å². The van der Waals surface area contributed by atoms with E-state index >= 15 is 0 Å². The van der Waals surface area contributed by atoms with Gasteiger partial charge in [0.15, 0.2) is 5.78 Å². The minimum absolute atomic E-state index is 0.0316. The zero-order chi connectivity index (χ0) is 22.0. The van der Waals surface area contributed by atoms with Gasteiger partial charge in [-0.2, -0.15) is 0 Å². The van der Waals surface area contributed by atoms with Crippen molar-refractivity contribution in [2.75, 3.05) is 13.1 Å². The number of carbonyl (C=O) groups is 3. The molecule has 31 heavy (non-hydrogen) atoms. The molecule has 164 valence electrons. The van der Waals surface area contributed by atoms with Crippen molar-refractivity contribution in [3.05, 3.63) is 35.4 Å². The minimum Gasteiger partial charge on any atom is -0.302 e. The van der Waals surface area contributed by atoms with Crippen LogP contribution in [0.2, 0.25) is 0 Å². The number of benzene rings is 1. The summed E-state index contributed by atoms with van der Waals surface area (Å²) in [6.45, 7) is 0.746. The van der Waals surface area contributed by atoms with E-state index in [4.69, 9.17) is 24.4 Å². The molecular weight excluding hydrogens is 428 g/mol. The molecule has 2 fully saturated rings. The van der Waals surface area contributed by atoms with Crippen molar-refractivity contribution in [3.63, 3.8) is 0 Å². The van der Waals surface area contributed by atoms with Gasteiger partial charge in [0.1, 0.15) is 12.1 Å². The van der Waals surface area contributed by atoms with Gasteiger partial charge in [-0.1, -0.05) is 48.7 Å². The van der Waals surface area contributed by atoms with Crippen molar-refractivity contribution >= 4 is 52.0 Å². The predicted molar refractivity (Wildman–Crippen MR) is 128 cm³/mol. The second kappa shape index (κ2) is 9.86. The molecule has 0 aromatic heterocycles. The molecule has 1 aromatic rings. The molecule has 5 atom stereocenters. The number of aryl methyl sites for hydroxylation is 1. The predicted octanol–water partition coefficient (Wildman–Crippen LogP) is 2.21. The number of rotatable bonds is 8. The summed E-state index contributed by atoms with van der Waals surface area (Å²) in [5.74, 6) is -0.809. The largest absolute Gasteiger partial charge is 0.302 e. The summed E-state index contributed by atoms with van der Waals surface area (Å²) >= 11 is 10.8. The second-order valence-electron chi connectivity index (χ2n) is 8.93. The first-order chi connectivity index (χ1) is 15.0. The van der Waals surface area contributed by atoms with E-state index in [-0.39, 0.29) is 11.6 Å². The van der Waals surface area contributed by atoms with E-state index in [1.165, 1.54) is 11.1 Å². The smallest absolute Gasteiger partial charge is 0.160 e. The molecule has 7 heteroatoms. The Bertz CT molecular complexity index is 916. The SMILES string of the molecule is O=C[C@H]1NCC(=S)C1C(=O)[C@H]1NCC(=S)C1C(=O)CCC[C@@H]1CCc2ccccc2C1. The van der Waals surface area contributed by atoms with E-state index in [1.807, 2.05) is 0 Å². The zero-order valence-electron chi connectivity index (χ0n) is 17.5. The Morgan fingerprint density at radius 1 is 1.03 bits per heavy atom. The molecule has 0 radical (unpaired) electrons. The maximum atomic E-state index is 13.2. The van der Waals surface area contributed by atoms with Crippen LogP contribution in [0.1, 0.15) is 36.8 Å². The Morgan fingerprint density at radius 2 is 1.74 bits per heavy atom. The number of hydrogen-bond acceptors (Lipinski definition) is 7. The zero-order valence-corrected chi connectivity index (χ0v) is 19.1. The lowest BCUT2D eigenvalue weighted by Gasteiger charge is -2.25. The Kier molecular flexibility index (Phi) is 7.16. The average Bonchev–Trinajstić information content (AvgIpc) is 3.35. The summed E-state index contributed by atoms with van der Waals surface area (Å²) in [6.07, 6.45) is 6.33. The lowest BCUT2D eigenvalue weighted by atomic mass is 9.80. The number of fused-ring (bicyclic) bond motifs is 1. The van der Waals surface area contributed by atoms with Crippen LogP contribution >= 0.6 is 24.4 Å². The fraction of sp³-hybridized carbons (Fsp3) is 0.542. The fourth-order valence-electron chi connectivity index (χ4n) is 5.30. The first-order valence-electron chi connectivity index (χ1n) is 11.1. The quantitative estimate of drug-likeness (QED) is 0.459. The van der Waals surface area contributed by atoms with Crippen molar-refractivity contribution in [1.82, 2.24) is 10.6 Å². The monoisotopic (exact) mass is 456 g/mol. The molecule has 2 unspecified atom stereocenters. The molecule has 0 amide bonds. The van der Waals surface area contributed by atoms with E-state index in [9.17, 15) is 14.4 Å². The number of ketones is 2. The topological polar surface area (TPSA) is 75.3 Å². The molecule has 1 aliphatic carbocycles. The maximum absolute atomic E-state index is 13.2. The number of thiocarbonyl (C=S) groups is 2. The summed E-state index contributed by atoms with van der Waals surface area (Å²) in [4.78, 5) is 38.7. The normalized spacial score (nSPS) is 30.3. The fourth-order valence-corrected chi connectivity index (χ4v) is 5.99. The number of hydrogen-bond donors (Lipinski definition) is 2. The third kappa shape index (κ3) is 4.75. The standard InChI is InChI=1S/C24H28N2O3S2/c27-13-17-21(19(30)11-25-17)24(29)23-22(20(31)12-26-23)18(28)7-3-4-14-8-9-15-5-1-2-6-16(15)10-14/h1-2,5-6,13-14,17,21-23,25-26H,3-4,7-12H2/t14-,17-,21?,22?,23+/m1/s1. The van der Waals surface area contributed by atoms with E-state index in [2.05, 4.69) is 34.9 Å². The lowest BCUT2D eigenvalue weighted by Crippen LogP contribution is -2.47. The first-order valence-corrected chi connectivity index (χ1v) is 11.9. The van der Waals surface area contributed by atoms with Crippen LogP contribution in [-0.2, 0) is 27.2 Å². The highest BCUT2D eigenvalue weighted by atomic mass is 32.1. The van der Waals surface area contributed by atoms with Crippen molar-refractivity contribution in [2.24, 2.45) is 17.8 Å². The van der Waals surface area contributed by atoms with E-state index < -0.39 is 23.9 Å². The number of aldehydes is 1. The second-order valence-corrected chi connectivity index (χ2v) is 9.98. The van der Waals surface area contributed by atoms with Gasteiger partial charge in [0, 0.05) is 29.2 Å². The van der Waals surface area contributed by atoms with Crippen molar-refractivity contribution in [3.8, 4) is 0 Å². The van der Waals surface area contributed by atoms with Crippen molar-refractivity contribution < 1.29 is 14.4 Å². The van der Waals surface area contributed by atoms with Crippen LogP contribution in [0.5, 0.6) is 0 Å². The number of nitrogens with one attached hydrogen (secondary N) is 2. The molecule has 0 bridgehead atoms. The van der Waals surface area contributed by atoms with Gasteiger partial charge in [-0.3, -0.25) is 9.59 Å². The van der Waals surface area contributed by atoms with Gasteiger partial charge in [-0.15, -0.1) is 0 Å². The van der Waals surface area contributed by atoms with Gasteiger partial charge in [0.05, 0.1) is 23.9 Å². The molecule has 4 rings (SSSR count). The Hall–Kier alpha value is -1.67. The molecule has 2 saturated heterocycles. The first kappa shape index (κ1) is 22.5. The summed E-state index contributed by atoms with van der Waals surface area (Å²) in [5.41, 5.74) is 2.88. The molecule has 2 N–H and O–H groups in total. The van der Waals surface area contributed by atoms with Crippen LogP contribution in [0.3, 0.4) is 0 Å². The Morgan fingerprint density at radius 3 is 2.52 bits per heavy atom. The maximum Gasteiger partial charge on any atom is 0.160 e. The van der Waals surface area contributed by atoms with Gasteiger partial charge in [0.2, 0.25) is 0 Å². The van der Waals surface area contributed by atoms with Gasteiger partial charge in [0.25, 0.3) is 0 Å². The van der Waals surface area contributed by atoms with Crippen LogP contribution in [0.25, 0.3) is 0 Å². The molecule has 2 heterocycles. The third-order valence-corrected chi connectivity index (χ3v) is 7.78. The van der Waals surface area contributed by atoms with E-state index in [0.29, 0.717) is 35.2 Å². The van der Waals surface area contributed by atoms with Gasteiger partial charge < -0.3 is 15.4 Å². The Balaban J connectivity index is 1.34. The van der Waals surface area contributed by atoms with Crippen LogP contribution in [-0.4, -0.2) is 52.8 Å². The molecular formula is C24H28N2O3S2. The molecule has 3 aliphatic rings. The van der Waals surface area contributed by atoms with Crippen LogP contribution in [0, 0.1) is 17.8 Å². The summed E-state index contributed by atoms with van der Waals surface area (Å²) in [5, 5.41) is 6.08. The minimum atomic E-state index is -0.674. The summed E-state index contributed by atoms with van der Waals surface area (Å²) < 4.78 is 0. The van der Waals surface area contributed by atoms with E-state index in [0.717, 1.165) is 38.4 Å². The van der Waals surface area contributed by atoms with Crippen LogP contribution in [0.15, 0.2) is 24.3 Å². The average molecular weight is 457 g/mol. The molecule has 5 nitrogen and oxygen atoms in total. The highest BCUT2D eigenvalue weighted by Crippen LogP contribution is 2.30. The molecule has 0 saturated carbocycles. The number of Topliss-reactive ketones (excluding diaryl/α,β-unsaturated/α-hetero) is 2. The van der Waals surface area contributed by atoms with Gasteiger partial charge >= 0.3 is 0 Å². The highest BCUT2D eigenvalue weighted by Gasteiger charge is 2.47. The highest BCUT2D eigenvalue weighted by molar-refractivity contribution is 7.80. The van der Waals surface area contributed by atoms with Crippen molar-refractivity contribution in [1.29, 1.82) is 0 Å². The Labute approximate surface area is 193 Å². The molecule has 0 spiro atoms. The molecule has 2 aliphatic heterocycles. The summed E-state index contributed by atoms with van der Waals surface area (Å²) in [6, 6.07) is 7.32. The van der Waals surface area contributed by atoms with Gasteiger partial charge in [-0.05, 0) is 49.1 Å². The van der Waals surface area contributed by atoms with Gasteiger partial charge in [-0.25, -0.2) is 0 Å². The van der Waals surface area contributed by atoms with Crippen LogP contribution < -0.4 is 10.6 Å². The number of carbonyl (C=O) groups excluding carboxylic acids is 3. The third-order valence-electron chi connectivity index (χ3n) is 6.99. The summed E-state index contributed by atoms with van der Waals surface area (Å²) in [7, 11) is 0. The lowest BCUT2D eigenvalue weighted by molar-refractivity contribution is -0.129. The van der Waals surface area contributed by atoms with Crippen LogP contribution in [0.4, 0.5) is 0 Å². The molecule has 1 aromatic carbocycles. The van der Waals surface area contributed by atoms with E-state index in [1.54, 1.807) is 0 Å².